The van der Waals surface area contributed by atoms with Gasteiger partial charge in [0.25, 0.3) is 5.91 Å². The van der Waals surface area contributed by atoms with E-state index in [9.17, 15) is 9.59 Å². The van der Waals surface area contributed by atoms with Gasteiger partial charge in [-0.15, -0.1) is 0 Å². The van der Waals surface area contributed by atoms with Crippen LogP contribution in [0.25, 0.3) is 0 Å². The van der Waals surface area contributed by atoms with Gasteiger partial charge in [-0.05, 0) is 93.0 Å². The van der Waals surface area contributed by atoms with Crippen molar-refractivity contribution >= 4 is 40.6 Å². The highest BCUT2D eigenvalue weighted by atomic mass is 35.5. The molecule has 39 heavy (non-hydrogen) atoms. The van der Waals surface area contributed by atoms with Crippen molar-refractivity contribution in [1.29, 1.82) is 0 Å². The Balaban J connectivity index is 1.36. The van der Waals surface area contributed by atoms with Crippen molar-refractivity contribution in [2.75, 3.05) is 23.1 Å². The third-order valence-corrected chi connectivity index (χ3v) is 8.80. The zero-order valence-electron chi connectivity index (χ0n) is 22.3. The van der Waals surface area contributed by atoms with E-state index in [0.717, 1.165) is 42.8 Å². The normalized spacial score (nSPS) is 23.9. The second kappa shape index (κ2) is 10.2. The Morgan fingerprint density at radius 3 is 2.62 bits per heavy atom. The Kier molecular flexibility index (Phi) is 6.67. The van der Waals surface area contributed by atoms with E-state index in [1.807, 2.05) is 25.1 Å². The van der Waals surface area contributed by atoms with Crippen molar-refractivity contribution in [1.82, 2.24) is 0 Å². The van der Waals surface area contributed by atoms with Gasteiger partial charge in [0.15, 0.2) is 0 Å². The minimum Gasteiger partial charge on any atom is -0.462 e. The van der Waals surface area contributed by atoms with Gasteiger partial charge in [0.2, 0.25) is 0 Å². The summed E-state index contributed by atoms with van der Waals surface area (Å²) in [7, 11) is 0. The molecule has 0 radical (unpaired) electrons. The van der Waals surface area contributed by atoms with Crippen LogP contribution in [0, 0.1) is 11.3 Å². The number of rotatable bonds is 5. The van der Waals surface area contributed by atoms with Crippen LogP contribution in [0.4, 0.5) is 11.4 Å². The lowest BCUT2D eigenvalue weighted by Crippen LogP contribution is -2.62. The summed E-state index contributed by atoms with van der Waals surface area (Å²) in [6.07, 6.45) is 3.53. The first-order valence-electron chi connectivity index (χ1n) is 13.7. The van der Waals surface area contributed by atoms with E-state index < -0.39 is 5.41 Å². The van der Waals surface area contributed by atoms with E-state index in [-0.39, 0.29) is 17.9 Å². The predicted molar refractivity (Wildman–Crippen MR) is 155 cm³/mol. The molecule has 3 aliphatic rings. The van der Waals surface area contributed by atoms with Crippen molar-refractivity contribution in [3.63, 3.8) is 0 Å². The first kappa shape index (κ1) is 25.6. The summed E-state index contributed by atoms with van der Waals surface area (Å²) in [4.78, 5) is 29.0. The average Bonchev–Trinajstić information content (AvgIpc) is 3.20. The molecule has 6 rings (SSSR count). The molecular weight excluding hydrogens is 510 g/mol. The molecule has 0 saturated carbocycles. The van der Waals surface area contributed by atoms with E-state index in [1.54, 1.807) is 31.2 Å². The molecule has 200 valence electrons. The highest BCUT2D eigenvalue weighted by Gasteiger charge is 2.59. The molecule has 0 aromatic heterocycles. The summed E-state index contributed by atoms with van der Waals surface area (Å²) in [6.45, 7) is 4.95. The molecule has 1 amide bonds. The standard InChI is InChI=1S/C32H32ClN3O3/c1-3-39-30(37)24-10-13-27(14-11-24)36-31(38)32(21(2)34-36)20-25-9-12-26(33)19-28(25)35-16-15-23(18-29(32)35)17-22-7-5-4-6-8-22/h4-14,19,23,29H,3,15-18,20H2,1-2H3/t23-,29+,32+/m0/s1. The maximum Gasteiger partial charge on any atom is 0.338 e. The Morgan fingerprint density at radius 1 is 1.10 bits per heavy atom. The number of esters is 1. The van der Waals surface area contributed by atoms with Crippen molar-refractivity contribution in [3.8, 4) is 0 Å². The lowest BCUT2D eigenvalue weighted by atomic mass is 9.64. The van der Waals surface area contributed by atoms with Crippen LogP contribution in [-0.4, -0.2) is 36.8 Å². The van der Waals surface area contributed by atoms with Crippen LogP contribution in [0.1, 0.15) is 48.2 Å². The Bertz CT molecular complexity index is 1440. The molecule has 6 nitrogen and oxygen atoms in total. The number of halogens is 1. The van der Waals surface area contributed by atoms with Gasteiger partial charge in [-0.25, -0.2) is 4.79 Å². The summed E-state index contributed by atoms with van der Waals surface area (Å²) in [5.74, 6) is 0.0717. The number of benzene rings is 3. The zero-order valence-corrected chi connectivity index (χ0v) is 23.0. The number of carbonyl (C=O) groups is 2. The first-order valence-corrected chi connectivity index (χ1v) is 14.0. The van der Waals surface area contributed by atoms with Crippen LogP contribution in [0.5, 0.6) is 0 Å². The van der Waals surface area contributed by atoms with Crippen LogP contribution < -0.4 is 9.91 Å². The number of hydrogen-bond donors (Lipinski definition) is 0. The summed E-state index contributed by atoms with van der Waals surface area (Å²) in [5.41, 5.74) is 4.75. The number of hydrogen-bond acceptors (Lipinski definition) is 5. The van der Waals surface area contributed by atoms with Crippen molar-refractivity contribution in [3.05, 3.63) is 94.5 Å². The van der Waals surface area contributed by atoms with Crippen LogP contribution >= 0.6 is 11.6 Å². The van der Waals surface area contributed by atoms with Gasteiger partial charge in [0.05, 0.1) is 23.6 Å². The highest BCUT2D eigenvalue weighted by Crippen LogP contribution is 2.51. The molecule has 3 aliphatic heterocycles. The van der Waals surface area contributed by atoms with Gasteiger partial charge in [0, 0.05) is 23.3 Å². The topological polar surface area (TPSA) is 62.2 Å². The number of piperidine rings is 1. The smallest absolute Gasteiger partial charge is 0.338 e. The molecule has 0 bridgehead atoms. The SMILES string of the molecule is CCOC(=O)c1ccc(N2N=C(C)[C@@]3(Cc4ccc(Cl)cc4N4CC[C@@H](Cc5ccccc5)C[C@@H]43)C2=O)cc1. The molecule has 0 unspecified atom stereocenters. The fourth-order valence-corrected chi connectivity index (χ4v) is 6.81. The van der Waals surface area contributed by atoms with E-state index in [2.05, 4.69) is 35.2 Å². The molecular formula is C32H32ClN3O3. The van der Waals surface area contributed by atoms with Crippen LogP contribution in [0.3, 0.4) is 0 Å². The Morgan fingerprint density at radius 2 is 1.87 bits per heavy atom. The highest BCUT2D eigenvalue weighted by molar-refractivity contribution is 6.31. The molecule has 3 aromatic carbocycles. The van der Waals surface area contributed by atoms with Crippen molar-refractivity contribution in [2.45, 2.75) is 45.6 Å². The van der Waals surface area contributed by atoms with Gasteiger partial charge in [0.1, 0.15) is 5.41 Å². The second-order valence-corrected chi connectivity index (χ2v) is 11.2. The third kappa shape index (κ3) is 4.41. The molecule has 1 saturated heterocycles. The van der Waals surface area contributed by atoms with Crippen LogP contribution in [-0.2, 0) is 22.4 Å². The summed E-state index contributed by atoms with van der Waals surface area (Å²) in [5, 5.41) is 7.09. The average molecular weight is 542 g/mol. The predicted octanol–water partition coefficient (Wildman–Crippen LogP) is 6.31. The lowest BCUT2D eigenvalue weighted by molar-refractivity contribution is -0.125. The molecule has 0 N–H and O–H groups in total. The molecule has 3 heterocycles. The monoisotopic (exact) mass is 541 g/mol. The minimum atomic E-state index is -0.768. The zero-order chi connectivity index (χ0) is 27.1. The van der Waals surface area contributed by atoms with E-state index in [0.29, 0.717) is 35.2 Å². The Labute approximate surface area is 234 Å². The molecule has 0 aliphatic carbocycles. The van der Waals surface area contributed by atoms with Gasteiger partial charge in [-0.1, -0.05) is 48.0 Å². The second-order valence-electron chi connectivity index (χ2n) is 10.8. The fourth-order valence-electron chi connectivity index (χ4n) is 6.64. The molecule has 1 spiro atoms. The summed E-state index contributed by atoms with van der Waals surface area (Å²) < 4.78 is 5.11. The molecule has 7 heteroatoms. The van der Waals surface area contributed by atoms with Crippen molar-refractivity contribution in [2.24, 2.45) is 16.4 Å². The number of amides is 1. The number of anilines is 2. The summed E-state index contributed by atoms with van der Waals surface area (Å²) >= 11 is 6.45. The maximum atomic E-state index is 14.5. The number of fused-ring (bicyclic) bond motifs is 4. The van der Waals surface area contributed by atoms with E-state index in [1.165, 1.54) is 10.6 Å². The number of carbonyl (C=O) groups excluding carboxylic acids is 2. The van der Waals surface area contributed by atoms with Gasteiger partial charge in [-0.3, -0.25) is 4.79 Å². The molecule has 3 aromatic rings. The number of nitrogens with zero attached hydrogens (tertiary/aromatic N) is 3. The third-order valence-electron chi connectivity index (χ3n) is 8.57. The summed E-state index contributed by atoms with van der Waals surface area (Å²) in [6, 6.07) is 23.5. The lowest BCUT2D eigenvalue weighted by Gasteiger charge is -2.52. The largest absolute Gasteiger partial charge is 0.462 e. The Hall–Kier alpha value is -3.64. The first-order chi connectivity index (χ1) is 18.9. The van der Waals surface area contributed by atoms with E-state index in [4.69, 9.17) is 21.4 Å². The van der Waals surface area contributed by atoms with Crippen LogP contribution in [0.2, 0.25) is 5.02 Å². The molecule has 1 fully saturated rings. The number of hydrazone groups is 1. The maximum absolute atomic E-state index is 14.5. The van der Waals surface area contributed by atoms with E-state index >= 15 is 0 Å². The molecule has 3 atom stereocenters. The number of ether oxygens (including phenoxy) is 1. The quantitative estimate of drug-likeness (QED) is 0.355. The fraction of sp³-hybridized carbons (Fsp3) is 0.344. The van der Waals surface area contributed by atoms with Crippen LogP contribution in [0.15, 0.2) is 77.9 Å². The van der Waals surface area contributed by atoms with Gasteiger partial charge in [-0.2, -0.15) is 10.1 Å². The van der Waals surface area contributed by atoms with Crippen molar-refractivity contribution < 1.29 is 14.3 Å². The van der Waals surface area contributed by atoms with Gasteiger partial charge >= 0.3 is 5.97 Å². The van der Waals surface area contributed by atoms with Gasteiger partial charge < -0.3 is 9.64 Å². The minimum absolute atomic E-state index is 0.0140.